The molecule has 0 amide bonds. The van der Waals surface area contributed by atoms with E-state index in [2.05, 4.69) is 146 Å². The molecule has 0 N–H and O–H groups in total. The van der Waals surface area contributed by atoms with Crippen molar-refractivity contribution in [2.24, 2.45) is 0 Å². The zero-order chi connectivity index (χ0) is 29.5. The van der Waals surface area contributed by atoms with Gasteiger partial charge in [-0.05, 0) is 56.1 Å². The Kier molecular flexibility index (Phi) is 5.03. The Bertz CT molecular complexity index is 2770. The highest BCUT2D eigenvalue weighted by Gasteiger charge is 2.19. The standard InChI is InChI=1S/C43H25NO/c1-2-11-26(12-3-1)41-37-24-23-35-34-19-10-18-28(42(34)45-43(35)40(37)36-17-8-9-20-39(36)44-41)27-21-22-33-31-15-5-4-13-29(31)30-14-6-7-16-32(30)38(33)25-27/h1-25H. The SMILES string of the molecule is c1ccc(-c2nc3ccccc3c3c2ccc2c4cccc(-c5ccc6c7ccccc7c7ccccc7c6c5)c4oc23)cc1. The number of aromatic nitrogens is 1. The maximum atomic E-state index is 6.99. The van der Waals surface area contributed by atoms with Crippen LogP contribution in [0.25, 0.3) is 98.3 Å². The topological polar surface area (TPSA) is 26.0 Å². The van der Waals surface area contributed by atoms with Crippen molar-refractivity contribution in [3.8, 4) is 22.4 Å². The number of hydrogen-bond donors (Lipinski definition) is 0. The Morgan fingerprint density at radius 1 is 0.356 bits per heavy atom. The monoisotopic (exact) mass is 571 g/mol. The number of rotatable bonds is 2. The average Bonchev–Trinajstić information content (AvgIpc) is 3.51. The van der Waals surface area contributed by atoms with Crippen molar-refractivity contribution >= 4 is 75.9 Å². The second kappa shape index (κ2) is 9.25. The van der Waals surface area contributed by atoms with Gasteiger partial charge >= 0.3 is 0 Å². The summed E-state index contributed by atoms with van der Waals surface area (Å²) in [5, 5.41) is 13.2. The second-order valence-corrected chi connectivity index (χ2v) is 11.8. The smallest absolute Gasteiger partial charge is 0.144 e. The molecule has 8 aromatic carbocycles. The number of benzene rings is 8. The summed E-state index contributed by atoms with van der Waals surface area (Å²) in [5.74, 6) is 0. The maximum Gasteiger partial charge on any atom is 0.144 e. The minimum absolute atomic E-state index is 0.906. The van der Waals surface area contributed by atoms with Crippen LogP contribution in [0.3, 0.4) is 0 Å². The summed E-state index contributed by atoms with van der Waals surface area (Å²) in [6.45, 7) is 0. The van der Waals surface area contributed by atoms with Crippen molar-refractivity contribution < 1.29 is 4.42 Å². The molecular weight excluding hydrogens is 546 g/mol. The Balaban J connectivity index is 1.29. The third-order valence-corrected chi connectivity index (χ3v) is 9.43. The lowest BCUT2D eigenvalue weighted by Gasteiger charge is -2.12. The Morgan fingerprint density at radius 2 is 0.911 bits per heavy atom. The van der Waals surface area contributed by atoms with Crippen LogP contribution in [0.4, 0.5) is 0 Å². The third kappa shape index (κ3) is 3.48. The van der Waals surface area contributed by atoms with E-state index in [4.69, 9.17) is 9.40 Å². The van der Waals surface area contributed by atoms with Gasteiger partial charge in [0, 0.05) is 38.1 Å². The predicted octanol–water partition coefficient (Wildman–Crippen LogP) is 12.1. The lowest BCUT2D eigenvalue weighted by molar-refractivity contribution is 0.674. The van der Waals surface area contributed by atoms with Crippen LogP contribution < -0.4 is 0 Å². The van der Waals surface area contributed by atoms with Gasteiger partial charge in [-0.1, -0.05) is 133 Å². The number of furan rings is 1. The first kappa shape index (κ1) is 24.5. The van der Waals surface area contributed by atoms with E-state index in [0.29, 0.717) is 0 Å². The summed E-state index contributed by atoms with van der Waals surface area (Å²) in [5.41, 5.74) is 7.09. The minimum atomic E-state index is 0.906. The van der Waals surface area contributed by atoms with E-state index in [9.17, 15) is 0 Å². The third-order valence-electron chi connectivity index (χ3n) is 9.43. The van der Waals surface area contributed by atoms with Crippen molar-refractivity contribution in [3.63, 3.8) is 0 Å². The maximum absolute atomic E-state index is 6.99. The molecule has 0 radical (unpaired) electrons. The fraction of sp³-hybridized carbons (Fsp3) is 0. The van der Waals surface area contributed by atoms with Crippen LogP contribution >= 0.6 is 0 Å². The number of hydrogen-bond acceptors (Lipinski definition) is 2. The molecule has 2 nitrogen and oxygen atoms in total. The summed E-state index contributed by atoms with van der Waals surface area (Å²) in [4.78, 5) is 5.13. The first-order valence-corrected chi connectivity index (χ1v) is 15.4. The summed E-state index contributed by atoms with van der Waals surface area (Å²) in [6.07, 6.45) is 0. The molecule has 0 saturated carbocycles. The summed E-state index contributed by atoms with van der Waals surface area (Å²) < 4.78 is 6.99. The van der Waals surface area contributed by atoms with Crippen molar-refractivity contribution in [3.05, 3.63) is 152 Å². The van der Waals surface area contributed by atoms with Gasteiger partial charge < -0.3 is 4.42 Å². The van der Waals surface area contributed by atoms with Gasteiger partial charge in [0.15, 0.2) is 0 Å². The molecule has 0 unspecified atom stereocenters. The number of nitrogens with zero attached hydrogens (tertiary/aromatic N) is 1. The molecule has 10 rings (SSSR count). The van der Waals surface area contributed by atoms with Crippen LogP contribution in [0.1, 0.15) is 0 Å². The molecular formula is C43H25NO. The quantitative estimate of drug-likeness (QED) is 0.193. The zero-order valence-corrected chi connectivity index (χ0v) is 24.3. The molecule has 2 aromatic heterocycles. The molecule has 45 heavy (non-hydrogen) atoms. The molecule has 0 saturated heterocycles. The van der Waals surface area contributed by atoms with E-state index >= 15 is 0 Å². The van der Waals surface area contributed by atoms with E-state index in [1.165, 1.54) is 32.3 Å². The Hall–Kier alpha value is -5.99. The van der Waals surface area contributed by atoms with Crippen molar-refractivity contribution in [1.82, 2.24) is 4.98 Å². The van der Waals surface area contributed by atoms with Gasteiger partial charge in [-0.15, -0.1) is 0 Å². The van der Waals surface area contributed by atoms with Crippen molar-refractivity contribution in [1.29, 1.82) is 0 Å². The van der Waals surface area contributed by atoms with E-state index in [0.717, 1.165) is 66.0 Å². The van der Waals surface area contributed by atoms with Gasteiger partial charge in [0.05, 0.1) is 11.2 Å². The molecule has 0 aliphatic carbocycles. The van der Waals surface area contributed by atoms with E-state index in [-0.39, 0.29) is 0 Å². The fourth-order valence-corrected chi connectivity index (χ4v) is 7.41. The van der Waals surface area contributed by atoms with E-state index in [1.807, 2.05) is 6.07 Å². The van der Waals surface area contributed by atoms with Gasteiger partial charge in [-0.2, -0.15) is 0 Å². The van der Waals surface area contributed by atoms with Gasteiger partial charge in [-0.3, -0.25) is 0 Å². The highest BCUT2D eigenvalue weighted by Crippen LogP contribution is 2.44. The van der Waals surface area contributed by atoms with Gasteiger partial charge in [0.25, 0.3) is 0 Å². The summed E-state index contributed by atoms with van der Waals surface area (Å²) >= 11 is 0. The zero-order valence-electron chi connectivity index (χ0n) is 24.3. The molecule has 208 valence electrons. The highest BCUT2D eigenvalue weighted by atomic mass is 16.3. The number of pyridine rings is 1. The number of fused-ring (bicyclic) bond motifs is 13. The van der Waals surface area contributed by atoms with Crippen molar-refractivity contribution in [2.75, 3.05) is 0 Å². The molecule has 0 fully saturated rings. The number of para-hydroxylation sites is 2. The van der Waals surface area contributed by atoms with Gasteiger partial charge in [0.1, 0.15) is 11.2 Å². The van der Waals surface area contributed by atoms with Crippen LogP contribution in [0.15, 0.2) is 156 Å². The molecule has 10 aromatic rings. The molecule has 0 atom stereocenters. The Morgan fingerprint density at radius 3 is 1.67 bits per heavy atom. The van der Waals surface area contributed by atoms with Crippen molar-refractivity contribution in [2.45, 2.75) is 0 Å². The second-order valence-electron chi connectivity index (χ2n) is 11.8. The normalized spacial score (nSPS) is 12.0. The molecule has 2 heteroatoms. The first-order chi connectivity index (χ1) is 22.3. The average molecular weight is 572 g/mol. The molecule has 0 aliphatic heterocycles. The van der Waals surface area contributed by atoms with Crippen LogP contribution in [-0.4, -0.2) is 4.98 Å². The molecule has 0 aliphatic rings. The van der Waals surface area contributed by atoms with E-state index in [1.54, 1.807) is 0 Å². The highest BCUT2D eigenvalue weighted by molar-refractivity contribution is 6.27. The molecule has 0 spiro atoms. The largest absolute Gasteiger partial charge is 0.455 e. The molecule has 0 bridgehead atoms. The lowest BCUT2D eigenvalue weighted by Crippen LogP contribution is -1.89. The van der Waals surface area contributed by atoms with E-state index < -0.39 is 0 Å². The fourth-order valence-electron chi connectivity index (χ4n) is 7.41. The summed E-state index contributed by atoms with van der Waals surface area (Å²) in [6, 6.07) is 54.1. The first-order valence-electron chi connectivity index (χ1n) is 15.4. The lowest BCUT2D eigenvalue weighted by atomic mass is 9.92. The van der Waals surface area contributed by atoms with Gasteiger partial charge in [0.2, 0.25) is 0 Å². The van der Waals surface area contributed by atoms with Gasteiger partial charge in [-0.25, -0.2) is 4.98 Å². The Labute approximate surface area is 258 Å². The van der Waals surface area contributed by atoms with Crippen LogP contribution in [-0.2, 0) is 0 Å². The van der Waals surface area contributed by atoms with Crippen LogP contribution in [0.2, 0.25) is 0 Å². The molecule has 2 heterocycles. The minimum Gasteiger partial charge on any atom is -0.455 e. The predicted molar refractivity (Wildman–Crippen MR) is 190 cm³/mol. The van der Waals surface area contributed by atoms with Crippen LogP contribution in [0, 0.1) is 0 Å². The summed E-state index contributed by atoms with van der Waals surface area (Å²) in [7, 11) is 0. The van der Waals surface area contributed by atoms with Crippen LogP contribution in [0.5, 0.6) is 0 Å².